The summed E-state index contributed by atoms with van der Waals surface area (Å²) in [5, 5.41) is 5.62. The second-order valence-electron chi connectivity index (χ2n) is 6.74. The minimum Gasteiger partial charge on any atom is -0.489 e. The highest BCUT2D eigenvalue weighted by Crippen LogP contribution is 2.29. The topological polar surface area (TPSA) is 60.1 Å². The average Bonchev–Trinajstić information content (AvgIpc) is 2.60. The molecular weight excluding hydrogens is 326 g/mol. The second-order valence-corrected chi connectivity index (χ2v) is 6.74. The van der Waals surface area contributed by atoms with E-state index in [2.05, 4.69) is 31.1 Å². The average molecular weight is 355 g/mol. The molecule has 0 heterocycles. The van der Waals surface area contributed by atoms with Gasteiger partial charge in [-0.2, -0.15) is 0 Å². The van der Waals surface area contributed by atoms with Gasteiger partial charge < -0.3 is 14.6 Å². The van der Waals surface area contributed by atoms with E-state index in [-0.39, 0.29) is 0 Å². The maximum absolute atomic E-state index is 6.15. The van der Waals surface area contributed by atoms with Crippen molar-refractivity contribution in [2.75, 3.05) is 19.2 Å². The van der Waals surface area contributed by atoms with Crippen LogP contribution in [-0.4, -0.2) is 19.9 Å². The van der Waals surface area contributed by atoms with Gasteiger partial charge in [0.1, 0.15) is 19.5 Å². The third-order valence-electron chi connectivity index (χ3n) is 4.38. The molecule has 0 bridgehead atoms. The summed E-state index contributed by atoms with van der Waals surface area (Å²) in [6.45, 7) is 8.77. The van der Waals surface area contributed by atoms with Gasteiger partial charge in [0.2, 0.25) is 0 Å². The first kappa shape index (κ1) is 19.8. The van der Waals surface area contributed by atoms with E-state index in [1.807, 2.05) is 45.2 Å². The molecule has 0 aliphatic heterocycles. The fraction of sp³-hybridized carbons (Fsp3) is 0.381. The highest BCUT2D eigenvalue weighted by molar-refractivity contribution is 5.98. The normalized spacial score (nSPS) is 11.6. The number of oxime groups is 1. The minimum atomic E-state index is 0.393. The lowest BCUT2D eigenvalue weighted by Gasteiger charge is -2.22. The number of benzene rings is 2. The van der Waals surface area contributed by atoms with Gasteiger partial charge in [0.15, 0.2) is 0 Å². The predicted molar refractivity (Wildman–Crippen MR) is 108 cm³/mol. The van der Waals surface area contributed by atoms with Crippen LogP contribution in [0.3, 0.4) is 0 Å². The Morgan fingerprint density at radius 1 is 1.23 bits per heavy atom. The number of nitrogens with two attached hydrogens (primary N) is 1. The molecule has 0 saturated heterocycles. The Bertz CT molecular complexity index is 757. The van der Waals surface area contributed by atoms with Crippen LogP contribution in [0.15, 0.2) is 41.6 Å². The summed E-state index contributed by atoms with van der Waals surface area (Å²) >= 11 is 0. The van der Waals surface area contributed by atoms with E-state index in [4.69, 9.17) is 15.4 Å². The van der Waals surface area contributed by atoms with E-state index in [9.17, 15) is 0 Å². The molecule has 5 heteroatoms. The summed E-state index contributed by atoms with van der Waals surface area (Å²) in [6.07, 6.45) is 0. The van der Waals surface area contributed by atoms with Crippen LogP contribution in [0, 0.1) is 6.92 Å². The van der Waals surface area contributed by atoms with Gasteiger partial charge in [-0.1, -0.05) is 31.1 Å². The molecule has 2 rings (SSSR count). The standard InChI is InChI=1S/C21H29N3O2/c1-14(2)18-8-7-9-20(24(5)22)19(18)13-26-21-11-10-17(12-15(21)3)16(4)23-25-6/h7-12,14H,13,22H2,1-6H3/b23-16+. The first-order valence-electron chi connectivity index (χ1n) is 8.77. The molecule has 26 heavy (non-hydrogen) atoms. The SMILES string of the molecule is CO/N=C(\C)c1ccc(OCc2c(C(C)C)cccc2N(C)N)c(C)c1. The van der Waals surface area contributed by atoms with Crippen LogP contribution in [0.1, 0.15) is 48.9 Å². The maximum Gasteiger partial charge on any atom is 0.122 e. The third-order valence-corrected chi connectivity index (χ3v) is 4.38. The predicted octanol–water partition coefficient (Wildman–Crippen LogP) is 4.38. The van der Waals surface area contributed by atoms with Crippen molar-refractivity contribution < 1.29 is 9.57 Å². The number of rotatable bonds is 7. The molecule has 2 aromatic rings. The molecule has 0 aliphatic rings. The molecule has 0 aromatic heterocycles. The Kier molecular flexibility index (Phi) is 6.64. The van der Waals surface area contributed by atoms with Crippen molar-refractivity contribution in [3.63, 3.8) is 0 Å². The van der Waals surface area contributed by atoms with E-state index < -0.39 is 0 Å². The van der Waals surface area contributed by atoms with E-state index >= 15 is 0 Å². The number of anilines is 1. The van der Waals surface area contributed by atoms with E-state index in [1.54, 1.807) is 12.1 Å². The molecule has 0 radical (unpaired) electrons. The van der Waals surface area contributed by atoms with Gasteiger partial charge in [-0.05, 0) is 60.7 Å². The zero-order valence-electron chi connectivity index (χ0n) is 16.5. The monoisotopic (exact) mass is 355 g/mol. The summed E-state index contributed by atoms with van der Waals surface area (Å²) in [5.41, 5.74) is 6.25. The Hall–Kier alpha value is -2.53. The highest BCUT2D eigenvalue weighted by Gasteiger charge is 2.14. The summed E-state index contributed by atoms with van der Waals surface area (Å²) in [6, 6.07) is 12.2. The quantitative estimate of drug-likeness (QED) is 0.455. The lowest BCUT2D eigenvalue weighted by molar-refractivity contribution is 0.213. The van der Waals surface area contributed by atoms with Crippen molar-refractivity contribution in [3.05, 3.63) is 58.7 Å². The second kappa shape index (κ2) is 8.72. The molecular formula is C21H29N3O2. The number of hydrazine groups is 1. The van der Waals surface area contributed by atoms with E-state index in [0.29, 0.717) is 12.5 Å². The van der Waals surface area contributed by atoms with Gasteiger partial charge in [-0.15, -0.1) is 0 Å². The minimum absolute atomic E-state index is 0.393. The molecule has 0 fully saturated rings. The Labute approximate surface area is 156 Å². The van der Waals surface area contributed by atoms with Gasteiger partial charge in [0.05, 0.1) is 11.4 Å². The number of hydrogen-bond donors (Lipinski definition) is 1. The number of aryl methyl sites for hydroxylation is 1. The van der Waals surface area contributed by atoms with Crippen molar-refractivity contribution >= 4 is 11.4 Å². The molecule has 2 aromatic carbocycles. The van der Waals surface area contributed by atoms with Crippen LogP contribution >= 0.6 is 0 Å². The summed E-state index contributed by atoms with van der Waals surface area (Å²) in [4.78, 5) is 4.84. The van der Waals surface area contributed by atoms with Crippen LogP contribution < -0.4 is 15.6 Å². The van der Waals surface area contributed by atoms with Crippen LogP contribution in [0.25, 0.3) is 0 Å². The molecule has 2 N–H and O–H groups in total. The highest BCUT2D eigenvalue weighted by atomic mass is 16.6. The fourth-order valence-electron chi connectivity index (χ4n) is 3.00. The van der Waals surface area contributed by atoms with Crippen molar-refractivity contribution in [2.45, 2.75) is 40.2 Å². The van der Waals surface area contributed by atoms with Gasteiger partial charge in [0, 0.05) is 12.6 Å². The van der Waals surface area contributed by atoms with Crippen LogP contribution in [0.2, 0.25) is 0 Å². The molecule has 0 atom stereocenters. The third kappa shape index (κ3) is 4.55. The van der Waals surface area contributed by atoms with Crippen LogP contribution in [0.5, 0.6) is 5.75 Å². The summed E-state index contributed by atoms with van der Waals surface area (Å²) < 4.78 is 6.15. The molecule has 0 spiro atoms. The lowest BCUT2D eigenvalue weighted by Crippen LogP contribution is -2.27. The Morgan fingerprint density at radius 2 is 1.96 bits per heavy atom. The zero-order valence-corrected chi connectivity index (χ0v) is 16.5. The van der Waals surface area contributed by atoms with Crippen LogP contribution in [-0.2, 0) is 11.4 Å². The first-order valence-corrected chi connectivity index (χ1v) is 8.77. The van der Waals surface area contributed by atoms with Crippen molar-refractivity contribution in [2.24, 2.45) is 11.0 Å². The van der Waals surface area contributed by atoms with Crippen molar-refractivity contribution in [1.29, 1.82) is 0 Å². The van der Waals surface area contributed by atoms with Gasteiger partial charge in [0.25, 0.3) is 0 Å². The fourth-order valence-corrected chi connectivity index (χ4v) is 3.00. The molecule has 0 unspecified atom stereocenters. The maximum atomic E-state index is 6.15. The van der Waals surface area contributed by atoms with Gasteiger partial charge >= 0.3 is 0 Å². The number of hydrogen-bond acceptors (Lipinski definition) is 5. The largest absolute Gasteiger partial charge is 0.489 e. The van der Waals surface area contributed by atoms with Crippen molar-refractivity contribution in [3.8, 4) is 5.75 Å². The zero-order chi connectivity index (χ0) is 19.3. The first-order chi connectivity index (χ1) is 12.3. The summed E-state index contributed by atoms with van der Waals surface area (Å²) in [5.74, 6) is 7.26. The Morgan fingerprint density at radius 3 is 2.54 bits per heavy atom. The molecule has 0 amide bonds. The van der Waals surface area contributed by atoms with Crippen LogP contribution in [0.4, 0.5) is 5.69 Å². The number of nitrogens with zero attached hydrogens (tertiary/aromatic N) is 2. The van der Waals surface area contributed by atoms with Crippen molar-refractivity contribution in [1.82, 2.24) is 0 Å². The smallest absolute Gasteiger partial charge is 0.122 e. The molecule has 140 valence electrons. The Balaban J connectivity index is 2.28. The number of ether oxygens (including phenoxy) is 1. The van der Waals surface area contributed by atoms with Gasteiger partial charge in [-0.3, -0.25) is 0 Å². The van der Waals surface area contributed by atoms with E-state index in [0.717, 1.165) is 33.8 Å². The molecule has 5 nitrogen and oxygen atoms in total. The molecule has 0 aliphatic carbocycles. The van der Waals surface area contributed by atoms with Gasteiger partial charge in [-0.25, -0.2) is 5.84 Å². The van der Waals surface area contributed by atoms with E-state index in [1.165, 1.54) is 5.56 Å². The lowest BCUT2D eigenvalue weighted by atomic mass is 9.96. The molecule has 0 saturated carbocycles. The summed E-state index contributed by atoms with van der Waals surface area (Å²) in [7, 11) is 3.40.